The van der Waals surface area contributed by atoms with Gasteiger partial charge in [-0.1, -0.05) is 11.6 Å². The van der Waals surface area contributed by atoms with E-state index in [1.807, 2.05) is 0 Å². The lowest BCUT2D eigenvalue weighted by atomic mass is 10.0. The van der Waals surface area contributed by atoms with Gasteiger partial charge in [-0.15, -0.1) is 0 Å². The molecular weight excluding hydrogens is 328 g/mol. The second-order valence-electron chi connectivity index (χ2n) is 5.73. The summed E-state index contributed by atoms with van der Waals surface area (Å²) < 4.78 is 5.08. The Kier molecular flexibility index (Phi) is 4.44. The van der Waals surface area contributed by atoms with Crippen LogP contribution in [0.5, 0.6) is 5.75 Å². The van der Waals surface area contributed by atoms with Crippen LogP contribution in [0.25, 0.3) is 0 Å². The van der Waals surface area contributed by atoms with E-state index < -0.39 is 5.41 Å². The summed E-state index contributed by atoms with van der Waals surface area (Å²) in [5.41, 5.74) is 0.249. The summed E-state index contributed by atoms with van der Waals surface area (Å²) in [7, 11) is 1.58. The Balaban J connectivity index is 1.66. The number of carbonyl (C=O) groups excluding carboxylic acids is 2. The highest BCUT2D eigenvalue weighted by Crippen LogP contribution is 2.47. The predicted octanol–water partition coefficient (Wildman–Crippen LogP) is 3.71. The predicted molar refractivity (Wildman–Crippen MR) is 93.4 cm³/mol. The van der Waals surface area contributed by atoms with E-state index in [9.17, 15) is 9.59 Å². The summed E-state index contributed by atoms with van der Waals surface area (Å²) in [5.74, 6) is 0.115. The summed E-state index contributed by atoms with van der Waals surface area (Å²) in [4.78, 5) is 25.0. The van der Waals surface area contributed by atoms with E-state index in [0.717, 1.165) is 0 Å². The van der Waals surface area contributed by atoms with Crippen molar-refractivity contribution in [3.63, 3.8) is 0 Å². The van der Waals surface area contributed by atoms with Crippen molar-refractivity contribution in [1.82, 2.24) is 0 Å². The van der Waals surface area contributed by atoms with Gasteiger partial charge in [0.15, 0.2) is 0 Å². The number of methoxy groups -OCH3 is 1. The van der Waals surface area contributed by atoms with Crippen LogP contribution in [0.3, 0.4) is 0 Å². The van der Waals surface area contributed by atoms with E-state index in [1.165, 1.54) is 0 Å². The van der Waals surface area contributed by atoms with Crippen LogP contribution in [0, 0.1) is 5.41 Å². The summed E-state index contributed by atoms with van der Waals surface area (Å²) in [6.07, 6.45) is 1.07. The maximum atomic E-state index is 12.5. The van der Waals surface area contributed by atoms with Crippen molar-refractivity contribution in [1.29, 1.82) is 0 Å². The summed E-state index contributed by atoms with van der Waals surface area (Å²) in [6, 6.07) is 13.8. The quantitative estimate of drug-likeness (QED) is 0.812. The van der Waals surface area contributed by atoms with E-state index in [4.69, 9.17) is 16.3 Å². The molecule has 0 bridgehead atoms. The third-order valence-electron chi connectivity index (χ3n) is 4.07. The average molecular weight is 345 g/mol. The molecule has 1 aliphatic rings. The smallest absolute Gasteiger partial charge is 0.240 e. The topological polar surface area (TPSA) is 67.4 Å². The molecule has 0 heterocycles. The van der Waals surface area contributed by atoms with Gasteiger partial charge in [0.25, 0.3) is 0 Å². The zero-order chi connectivity index (χ0) is 17.2. The van der Waals surface area contributed by atoms with Gasteiger partial charge in [0.05, 0.1) is 7.11 Å². The minimum absolute atomic E-state index is 0.292. The fraction of sp³-hybridized carbons (Fsp3) is 0.222. The third kappa shape index (κ3) is 3.36. The fourth-order valence-electron chi connectivity index (χ4n) is 2.39. The largest absolute Gasteiger partial charge is 0.497 e. The van der Waals surface area contributed by atoms with Gasteiger partial charge in [-0.25, -0.2) is 0 Å². The van der Waals surface area contributed by atoms with Crippen LogP contribution in [0.15, 0.2) is 48.5 Å². The minimum atomic E-state index is -1.00. The molecule has 124 valence electrons. The molecule has 24 heavy (non-hydrogen) atoms. The number of anilines is 2. The molecular formula is C18H17ClN2O3. The normalized spacial score (nSPS) is 14.6. The first kappa shape index (κ1) is 16.3. The molecule has 2 aromatic carbocycles. The van der Waals surface area contributed by atoms with Gasteiger partial charge in [-0.05, 0) is 61.4 Å². The summed E-state index contributed by atoms with van der Waals surface area (Å²) >= 11 is 5.83. The molecule has 3 rings (SSSR count). The molecule has 0 aliphatic heterocycles. The van der Waals surface area contributed by atoms with Crippen molar-refractivity contribution in [2.24, 2.45) is 5.41 Å². The molecule has 2 amide bonds. The second-order valence-corrected chi connectivity index (χ2v) is 6.16. The minimum Gasteiger partial charge on any atom is -0.497 e. The first-order valence-corrected chi connectivity index (χ1v) is 7.94. The van der Waals surface area contributed by atoms with E-state index >= 15 is 0 Å². The monoisotopic (exact) mass is 344 g/mol. The number of amides is 2. The van der Waals surface area contributed by atoms with Crippen LogP contribution >= 0.6 is 11.6 Å². The van der Waals surface area contributed by atoms with Crippen molar-refractivity contribution in [3.8, 4) is 5.75 Å². The van der Waals surface area contributed by atoms with Gasteiger partial charge >= 0.3 is 0 Å². The number of carbonyl (C=O) groups is 2. The van der Waals surface area contributed by atoms with Gasteiger partial charge in [-0.3, -0.25) is 9.59 Å². The Morgan fingerprint density at radius 3 is 1.79 bits per heavy atom. The molecule has 2 N–H and O–H groups in total. The molecule has 6 heteroatoms. The maximum absolute atomic E-state index is 12.5. The van der Waals surface area contributed by atoms with E-state index in [-0.39, 0.29) is 11.8 Å². The SMILES string of the molecule is COc1ccc(NC(=O)C2(C(=O)Nc3ccc(Cl)cc3)CC2)cc1. The summed E-state index contributed by atoms with van der Waals surface area (Å²) in [5, 5.41) is 6.16. The number of rotatable bonds is 5. The zero-order valence-electron chi connectivity index (χ0n) is 13.1. The Morgan fingerprint density at radius 2 is 1.38 bits per heavy atom. The molecule has 0 atom stereocenters. The van der Waals surface area contributed by atoms with Crippen LogP contribution < -0.4 is 15.4 Å². The average Bonchev–Trinajstić information content (AvgIpc) is 3.39. The summed E-state index contributed by atoms with van der Waals surface area (Å²) in [6.45, 7) is 0. The number of benzene rings is 2. The molecule has 2 aromatic rings. The molecule has 0 unspecified atom stereocenters. The highest BCUT2D eigenvalue weighted by molar-refractivity contribution is 6.30. The Morgan fingerprint density at radius 1 is 0.917 bits per heavy atom. The van der Waals surface area contributed by atoms with Gasteiger partial charge in [0, 0.05) is 16.4 Å². The Hall–Kier alpha value is -2.53. The van der Waals surface area contributed by atoms with Crippen LogP contribution in [-0.2, 0) is 9.59 Å². The lowest BCUT2D eigenvalue weighted by Crippen LogP contribution is -2.35. The molecule has 0 aromatic heterocycles. The number of hydrogen-bond donors (Lipinski definition) is 2. The van der Waals surface area contributed by atoms with Gasteiger partial charge in [0.2, 0.25) is 11.8 Å². The lowest BCUT2D eigenvalue weighted by Gasteiger charge is -2.15. The van der Waals surface area contributed by atoms with E-state index in [1.54, 1.807) is 55.6 Å². The first-order valence-electron chi connectivity index (χ1n) is 7.56. The molecule has 0 radical (unpaired) electrons. The molecule has 0 spiro atoms. The Bertz CT molecular complexity index is 753. The highest BCUT2D eigenvalue weighted by Gasteiger charge is 2.56. The van der Waals surface area contributed by atoms with Crippen LogP contribution in [0.2, 0.25) is 5.02 Å². The zero-order valence-corrected chi connectivity index (χ0v) is 13.9. The molecule has 5 nitrogen and oxygen atoms in total. The van der Waals surface area contributed by atoms with Crippen LogP contribution in [-0.4, -0.2) is 18.9 Å². The number of ether oxygens (including phenoxy) is 1. The van der Waals surface area contributed by atoms with Crippen molar-refractivity contribution < 1.29 is 14.3 Å². The third-order valence-corrected chi connectivity index (χ3v) is 4.32. The number of halogens is 1. The van der Waals surface area contributed by atoms with Gasteiger partial charge in [-0.2, -0.15) is 0 Å². The molecule has 0 saturated heterocycles. The van der Waals surface area contributed by atoms with Crippen molar-refractivity contribution in [3.05, 3.63) is 53.6 Å². The number of hydrogen-bond acceptors (Lipinski definition) is 3. The van der Waals surface area contributed by atoms with Crippen molar-refractivity contribution in [2.75, 3.05) is 17.7 Å². The lowest BCUT2D eigenvalue weighted by molar-refractivity contribution is -0.131. The standard InChI is InChI=1S/C18H17ClN2O3/c1-24-15-8-6-14(7-9-15)21-17(23)18(10-11-18)16(22)20-13-4-2-12(19)3-5-13/h2-9H,10-11H2,1H3,(H,20,22)(H,21,23). The maximum Gasteiger partial charge on any atom is 0.240 e. The van der Waals surface area contributed by atoms with Crippen molar-refractivity contribution in [2.45, 2.75) is 12.8 Å². The molecule has 1 fully saturated rings. The molecule has 1 aliphatic carbocycles. The van der Waals surface area contributed by atoms with E-state index in [2.05, 4.69) is 10.6 Å². The highest BCUT2D eigenvalue weighted by atomic mass is 35.5. The van der Waals surface area contributed by atoms with Gasteiger partial charge in [0.1, 0.15) is 11.2 Å². The fourth-order valence-corrected chi connectivity index (χ4v) is 2.52. The van der Waals surface area contributed by atoms with Crippen LogP contribution in [0.1, 0.15) is 12.8 Å². The molecule has 1 saturated carbocycles. The Labute approximate surface area is 145 Å². The second kappa shape index (κ2) is 6.53. The van der Waals surface area contributed by atoms with Gasteiger partial charge < -0.3 is 15.4 Å². The van der Waals surface area contributed by atoms with Crippen molar-refractivity contribution >= 4 is 34.8 Å². The first-order chi connectivity index (χ1) is 11.5. The number of nitrogens with one attached hydrogen (secondary N) is 2. The van der Waals surface area contributed by atoms with Crippen LogP contribution in [0.4, 0.5) is 11.4 Å². The van der Waals surface area contributed by atoms with E-state index in [0.29, 0.717) is 35.0 Å².